The van der Waals surface area contributed by atoms with Crippen molar-refractivity contribution in [1.82, 2.24) is 10.2 Å². The maximum Gasteiger partial charge on any atom is 0.264 e. The Balaban J connectivity index is 2.00. The summed E-state index contributed by atoms with van der Waals surface area (Å²) in [5, 5.41) is 2.88. The molecule has 0 unspecified atom stereocenters. The number of benzene rings is 3. The predicted molar refractivity (Wildman–Crippen MR) is 156 cm³/mol. The normalized spacial score (nSPS) is 11.9. The average Bonchev–Trinajstić information content (AvgIpc) is 2.94. The molecule has 1 atom stereocenters. The first-order valence-corrected chi connectivity index (χ1v) is 14.9. The molecule has 0 aliphatic rings. The van der Waals surface area contributed by atoms with E-state index in [-0.39, 0.29) is 17.3 Å². The molecule has 0 spiro atoms. The van der Waals surface area contributed by atoms with Gasteiger partial charge >= 0.3 is 0 Å². The molecule has 3 aromatic carbocycles. The molecule has 208 valence electrons. The number of unbranched alkanes of at least 4 members (excludes halogenated alkanes) is 1. The molecule has 39 heavy (non-hydrogen) atoms. The highest BCUT2D eigenvalue weighted by Crippen LogP contribution is 2.27. The van der Waals surface area contributed by atoms with E-state index < -0.39 is 28.5 Å². The van der Waals surface area contributed by atoms with Crippen LogP contribution < -0.4 is 14.4 Å². The van der Waals surface area contributed by atoms with Crippen molar-refractivity contribution in [3.8, 4) is 5.75 Å². The first kappa shape index (κ1) is 30.2. The summed E-state index contributed by atoms with van der Waals surface area (Å²) in [7, 11) is -2.55. The minimum absolute atomic E-state index is 0.0579. The molecule has 3 rings (SSSR count). The lowest BCUT2D eigenvalue weighted by Gasteiger charge is -2.32. The molecule has 1 N–H and O–H groups in total. The summed E-state index contributed by atoms with van der Waals surface area (Å²) in [6, 6.07) is 21.1. The Kier molecular flexibility index (Phi) is 10.9. The number of hydrogen-bond acceptors (Lipinski definition) is 5. The molecule has 10 heteroatoms. The topological polar surface area (TPSA) is 96.0 Å². The zero-order chi connectivity index (χ0) is 28.4. The van der Waals surface area contributed by atoms with Crippen LogP contribution in [-0.2, 0) is 26.2 Å². The molecule has 2 amide bonds. The number of anilines is 1. The van der Waals surface area contributed by atoms with E-state index in [1.165, 1.54) is 17.0 Å². The Morgan fingerprint density at radius 3 is 2.38 bits per heavy atom. The van der Waals surface area contributed by atoms with Gasteiger partial charge in [0.15, 0.2) is 0 Å². The van der Waals surface area contributed by atoms with Crippen LogP contribution in [0.25, 0.3) is 0 Å². The standard InChI is InChI=1S/C29H34BrN3O5S/c1-4-5-17-31-29(35)22(2)32(20-23-11-9-14-26(18-23)38-3)28(34)21-33(25-13-10-12-24(30)19-25)39(36,37)27-15-7-6-8-16-27/h6-16,18-19,22H,4-5,17,20-21H2,1-3H3,(H,31,35)/t22-/m1/s1. The minimum Gasteiger partial charge on any atom is -0.497 e. The molecule has 0 fully saturated rings. The lowest BCUT2D eigenvalue weighted by Crippen LogP contribution is -2.51. The van der Waals surface area contributed by atoms with Gasteiger partial charge in [-0.2, -0.15) is 0 Å². The highest BCUT2D eigenvalue weighted by Gasteiger charge is 2.32. The monoisotopic (exact) mass is 615 g/mol. The van der Waals surface area contributed by atoms with Crippen LogP contribution in [0, 0.1) is 0 Å². The molecule has 0 saturated carbocycles. The van der Waals surface area contributed by atoms with Gasteiger partial charge in [0.25, 0.3) is 10.0 Å². The van der Waals surface area contributed by atoms with Gasteiger partial charge in [-0.15, -0.1) is 0 Å². The molecule has 0 radical (unpaired) electrons. The van der Waals surface area contributed by atoms with Crippen LogP contribution in [0.1, 0.15) is 32.3 Å². The van der Waals surface area contributed by atoms with Crippen LogP contribution >= 0.6 is 15.9 Å². The molecule has 8 nitrogen and oxygen atoms in total. The van der Waals surface area contributed by atoms with Crippen molar-refractivity contribution in [2.24, 2.45) is 0 Å². The zero-order valence-corrected chi connectivity index (χ0v) is 24.7. The van der Waals surface area contributed by atoms with Crippen molar-refractivity contribution in [2.45, 2.75) is 44.2 Å². The Morgan fingerprint density at radius 2 is 1.72 bits per heavy atom. The number of halogens is 1. The molecule has 0 saturated heterocycles. The van der Waals surface area contributed by atoms with Gasteiger partial charge in [0.1, 0.15) is 18.3 Å². The first-order valence-electron chi connectivity index (χ1n) is 12.7. The summed E-state index contributed by atoms with van der Waals surface area (Å²) in [5.41, 5.74) is 1.07. The maximum atomic E-state index is 13.9. The second-order valence-electron chi connectivity index (χ2n) is 9.00. The summed E-state index contributed by atoms with van der Waals surface area (Å²) in [6.07, 6.45) is 1.73. The van der Waals surface area contributed by atoms with Gasteiger partial charge in [-0.25, -0.2) is 8.42 Å². The fourth-order valence-corrected chi connectivity index (χ4v) is 5.78. The van der Waals surface area contributed by atoms with Crippen molar-refractivity contribution < 1.29 is 22.7 Å². The molecule has 0 aliphatic heterocycles. The van der Waals surface area contributed by atoms with Gasteiger partial charge in [0.2, 0.25) is 11.8 Å². The van der Waals surface area contributed by atoms with E-state index in [1.807, 2.05) is 13.0 Å². The molecule has 0 aromatic heterocycles. The van der Waals surface area contributed by atoms with Gasteiger partial charge in [-0.05, 0) is 61.4 Å². The fourth-order valence-electron chi connectivity index (χ4n) is 3.97. The predicted octanol–water partition coefficient (Wildman–Crippen LogP) is 4.99. The number of sulfonamides is 1. The van der Waals surface area contributed by atoms with E-state index in [0.717, 1.165) is 22.7 Å². The Bertz CT molecular complexity index is 1370. The number of rotatable bonds is 13. The van der Waals surface area contributed by atoms with Crippen LogP contribution in [0.5, 0.6) is 5.75 Å². The van der Waals surface area contributed by atoms with E-state index >= 15 is 0 Å². The largest absolute Gasteiger partial charge is 0.497 e. The average molecular weight is 617 g/mol. The van der Waals surface area contributed by atoms with E-state index in [9.17, 15) is 18.0 Å². The SMILES string of the molecule is CCCCNC(=O)[C@@H](C)N(Cc1cccc(OC)c1)C(=O)CN(c1cccc(Br)c1)S(=O)(=O)c1ccccc1. The van der Waals surface area contributed by atoms with Gasteiger partial charge in [-0.1, -0.05) is 65.7 Å². The third kappa shape index (κ3) is 8.06. The van der Waals surface area contributed by atoms with Gasteiger partial charge in [0.05, 0.1) is 17.7 Å². The van der Waals surface area contributed by atoms with Crippen molar-refractivity contribution in [1.29, 1.82) is 0 Å². The number of amides is 2. The maximum absolute atomic E-state index is 13.9. The number of hydrogen-bond donors (Lipinski definition) is 1. The van der Waals surface area contributed by atoms with E-state index in [0.29, 0.717) is 22.5 Å². The molecular weight excluding hydrogens is 582 g/mol. The first-order chi connectivity index (χ1) is 18.7. The van der Waals surface area contributed by atoms with Gasteiger partial charge < -0.3 is 15.0 Å². The Hall–Kier alpha value is -3.37. The van der Waals surface area contributed by atoms with Crippen molar-refractivity contribution >= 4 is 43.5 Å². The number of ether oxygens (including phenoxy) is 1. The summed E-state index contributed by atoms with van der Waals surface area (Å²) >= 11 is 3.40. The molecule has 3 aromatic rings. The second kappa shape index (κ2) is 14.1. The zero-order valence-electron chi connectivity index (χ0n) is 22.3. The number of nitrogens with one attached hydrogen (secondary N) is 1. The summed E-state index contributed by atoms with van der Waals surface area (Å²) in [5.74, 6) is -0.211. The van der Waals surface area contributed by atoms with E-state index in [4.69, 9.17) is 4.74 Å². The third-order valence-electron chi connectivity index (χ3n) is 6.19. The number of carbonyl (C=O) groups excluding carboxylic acids is 2. The number of methoxy groups -OCH3 is 1. The van der Waals surface area contributed by atoms with Crippen LogP contribution in [0.3, 0.4) is 0 Å². The molecular formula is C29H34BrN3O5S. The van der Waals surface area contributed by atoms with Crippen LogP contribution in [0.15, 0.2) is 88.2 Å². The summed E-state index contributed by atoms with van der Waals surface area (Å²) in [6.45, 7) is 3.76. The smallest absolute Gasteiger partial charge is 0.264 e. The van der Waals surface area contributed by atoms with E-state index in [1.54, 1.807) is 74.7 Å². The van der Waals surface area contributed by atoms with E-state index in [2.05, 4.69) is 21.2 Å². The van der Waals surface area contributed by atoms with Crippen molar-refractivity contribution in [3.05, 3.63) is 88.9 Å². The Labute approximate surface area is 239 Å². The summed E-state index contributed by atoms with van der Waals surface area (Å²) in [4.78, 5) is 28.4. The molecule has 0 aliphatic carbocycles. The fraction of sp³-hybridized carbons (Fsp3) is 0.310. The highest BCUT2D eigenvalue weighted by atomic mass is 79.9. The van der Waals surface area contributed by atoms with Crippen molar-refractivity contribution in [2.75, 3.05) is 24.5 Å². The molecule has 0 heterocycles. The third-order valence-corrected chi connectivity index (χ3v) is 8.47. The number of nitrogens with zero attached hydrogens (tertiary/aromatic N) is 2. The highest BCUT2D eigenvalue weighted by molar-refractivity contribution is 9.10. The van der Waals surface area contributed by atoms with Gasteiger partial charge in [0, 0.05) is 17.6 Å². The van der Waals surface area contributed by atoms with Crippen LogP contribution in [0.2, 0.25) is 0 Å². The Morgan fingerprint density at radius 1 is 1.00 bits per heavy atom. The molecule has 0 bridgehead atoms. The van der Waals surface area contributed by atoms with Gasteiger partial charge in [-0.3, -0.25) is 13.9 Å². The number of carbonyl (C=O) groups is 2. The summed E-state index contributed by atoms with van der Waals surface area (Å²) < 4.78 is 34.6. The lowest BCUT2D eigenvalue weighted by molar-refractivity contribution is -0.139. The lowest BCUT2D eigenvalue weighted by atomic mass is 10.1. The van der Waals surface area contributed by atoms with Crippen LogP contribution in [-0.4, -0.2) is 51.4 Å². The van der Waals surface area contributed by atoms with Crippen molar-refractivity contribution in [3.63, 3.8) is 0 Å². The quantitative estimate of drug-likeness (QED) is 0.273. The second-order valence-corrected chi connectivity index (χ2v) is 11.8. The minimum atomic E-state index is -4.10. The van der Waals surface area contributed by atoms with Crippen LogP contribution in [0.4, 0.5) is 5.69 Å².